The Morgan fingerprint density at radius 1 is 1.47 bits per heavy atom. The standard InChI is InChI=1S/C13H18OS/c1-4-7-12(14-3)10-15-13-9-6-5-8-11(13)2/h4-6,8-9,12H,1,7,10H2,2-3H3. The Labute approximate surface area is 96.5 Å². The highest BCUT2D eigenvalue weighted by Gasteiger charge is 2.06. The number of methoxy groups -OCH3 is 1. The number of hydrogen-bond acceptors (Lipinski definition) is 2. The first-order valence-corrected chi connectivity index (χ1v) is 6.08. The maximum atomic E-state index is 5.36. The third kappa shape index (κ3) is 4.10. The van der Waals surface area contributed by atoms with E-state index in [0.29, 0.717) is 0 Å². The Morgan fingerprint density at radius 3 is 2.80 bits per heavy atom. The number of ether oxygens (including phenoxy) is 1. The summed E-state index contributed by atoms with van der Waals surface area (Å²) < 4.78 is 5.36. The molecule has 0 heterocycles. The Bertz CT molecular complexity index is 309. The number of thioether (sulfide) groups is 1. The lowest BCUT2D eigenvalue weighted by atomic mass is 10.2. The molecule has 0 saturated carbocycles. The molecule has 0 amide bonds. The lowest BCUT2D eigenvalue weighted by molar-refractivity contribution is 0.125. The van der Waals surface area contributed by atoms with Gasteiger partial charge >= 0.3 is 0 Å². The van der Waals surface area contributed by atoms with Gasteiger partial charge in [-0.1, -0.05) is 24.3 Å². The van der Waals surface area contributed by atoms with E-state index in [2.05, 4.69) is 37.8 Å². The minimum atomic E-state index is 0.270. The lowest BCUT2D eigenvalue weighted by Crippen LogP contribution is -2.12. The van der Waals surface area contributed by atoms with Crippen molar-refractivity contribution in [2.45, 2.75) is 24.3 Å². The summed E-state index contributed by atoms with van der Waals surface area (Å²) >= 11 is 1.85. The van der Waals surface area contributed by atoms with Crippen LogP contribution in [0, 0.1) is 6.92 Å². The Morgan fingerprint density at radius 2 is 2.20 bits per heavy atom. The first-order valence-electron chi connectivity index (χ1n) is 5.10. The van der Waals surface area contributed by atoms with Gasteiger partial charge in [0, 0.05) is 17.8 Å². The molecule has 0 bridgehead atoms. The molecule has 1 atom stereocenters. The van der Waals surface area contributed by atoms with Crippen molar-refractivity contribution >= 4 is 11.8 Å². The van der Waals surface area contributed by atoms with Crippen LogP contribution in [-0.4, -0.2) is 19.0 Å². The third-order valence-corrected chi connectivity index (χ3v) is 3.59. The van der Waals surface area contributed by atoms with Crippen LogP contribution in [0.3, 0.4) is 0 Å². The molecule has 1 aromatic rings. The van der Waals surface area contributed by atoms with Gasteiger partial charge in [0.2, 0.25) is 0 Å². The Kier molecular flexibility index (Phi) is 5.51. The van der Waals surface area contributed by atoms with Crippen LogP contribution >= 0.6 is 11.8 Å². The van der Waals surface area contributed by atoms with E-state index in [1.165, 1.54) is 10.5 Å². The van der Waals surface area contributed by atoms with Crippen molar-refractivity contribution in [3.05, 3.63) is 42.5 Å². The van der Waals surface area contributed by atoms with Gasteiger partial charge in [-0.2, -0.15) is 0 Å². The number of rotatable bonds is 6. The fraction of sp³-hybridized carbons (Fsp3) is 0.385. The molecule has 1 nitrogen and oxygen atoms in total. The van der Waals surface area contributed by atoms with Crippen LogP contribution < -0.4 is 0 Å². The summed E-state index contributed by atoms with van der Waals surface area (Å²) in [6.45, 7) is 5.87. The maximum absolute atomic E-state index is 5.36. The molecule has 0 fully saturated rings. The zero-order valence-corrected chi connectivity index (χ0v) is 10.2. The van der Waals surface area contributed by atoms with Crippen molar-refractivity contribution in [1.82, 2.24) is 0 Å². The van der Waals surface area contributed by atoms with E-state index in [-0.39, 0.29) is 6.10 Å². The van der Waals surface area contributed by atoms with Crippen LogP contribution in [0.15, 0.2) is 41.8 Å². The van der Waals surface area contributed by atoms with Gasteiger partial charge in [-0.3, -0.25) is 0 Å². The molecule has 0 radical (unpaired) electrons. The molecule has 0 aromatic heterocycles. The smallest absolute Gasteiger partial charge is 0.0699 e. The molecular weight excluding hydrogens is 204 g/mol. The van der Waals surface area contributed by atoms with Gasteiger partial charge in [-0.15, -0.1) is 18.3 Å². The van der Waals surface area contributed by atoms with Crippen molar-refractivity contribution in [2.75, 3.05) is 12.9 Å². The Balaban J connectivity index is 2.48. The van der Waals surface area contributed by atoms with Crippen molar-refractivity contribution in [2.24, 2.45) is 0 Å². The van der Waals surface area contributed by atoms with Gasteiger partial charge in [-0.25, -0.2) is 0 Å². The highest BCUT2D eigenvalue weighted by molar-refractivity contribution is 7.99. The van der Waals surface area contributed by atoms with E-state index in [1.807, 2.05) is 17.8 Å². The molecule has 0 N–H and O–H groups in total. The highest BCUT2D eigenvalue weighted by Crippen LogP contribution is 2.23. The molecule has 1 aromatic carbocycles. The first-order chi connectivity index (χ1) is 7.27. The summed E-state index contributed by atoms with van der Waals surface area (Å²) in [6.07, 6.45) is 3.09. The zero-order chi connectivity index (χ0) is 11.1. The molecular formula is C13H18OS. The van der Waals surface area contributed by atoms with Gasteiger partial charge in [0.1, 0.15) is 0 Å². The predicted molar refractivity (Wildman–Crippen MR) is 67.5 cm³/mol. The topological polar surface area (TPSA) is 9.23 Å². The monoisotopic (exact) mass is 222 g/mol. The summed E-state index contributed by atoms with van der Waals surface area (Å²) in [5.41, 5.74) is 1.33. The van der Waals surface area contributed by atoms with Crippen molar-refractivity contribution < 1.29 is 4.74 Å². The van der Waals surface area contributed by atoms with Gasteiger partial charge in [-0.05, 0) is 25.0 Å². The molecule has 0 saturated heterocycles. The Hall–Kier alpha value is -0.730. The van der Waals surface area contributed by atoms with Crippen molar-refractivity contribution in [3.8, 4) is 0 Å². The lowest BCUT2D eigenvalue weighted by Gasteiger charge is -2.13. The summed E-state index contributed by atoms with van der Waals surface area (Å²) in [5.74, 6) is 0.980. The fourth-order valence-corrected chi connectivity index (χ4v) is 2.43. The van der Waals surface area contributed by atoms with Crippen molar-refractivity contribution in [3.63, 3.8) is 0 Å². The summed E-state index contributed by atoms with van der Waals surface area (Å²) in [7, 11) is 1.76. The van der Waals surface area contributed by atoms with Gasteiger partial charge in [0.15, 0.2) is 0 Å². The normalized spacial score (nSPS) is 12.4. The molecule has 15 heavy (non-hydrogen) atoms. The second-order valence-electron chi connectivity index (χ2n) is 3.46. The van der Waals surface area contributed by atoms with Crippen LogP contribution in [-0.2, 0) is 4.74 Å². The molecule has 1 unspecified atom stereocenters. The average molecular weight is 222 g/mol. The van der Waals surface area contributed by atoms with Crippen LogP contribution in [0.2, 0.25) is 0 Å². The van der Waals surface area contributed by atoms with Crippen LogP contribution in [0.25, 0.3) is 0 Å². The van der Waals surface area contributed by atoms with E-state index in [0.717, 1.165) is 12.2 Å². The summed E-state index contributed by atoms with van der Waals surface area (Å²) in [4.78, 5) is 1.34. The van der Waals surface area contributed by atoms with Gasteiger partial charge < -0.3 is 4.74 Å². The quantitative estimate of drug-likeness (QED) is 0.536. The molecule has 82 valence electrons. The summed E-state index contributed by atoms with van der Waals surface area (Å²) in [5, 5.41) is 0. The van der Waals surface area contributed by atoms with Crippen LogP contribution in [0.4, 0.5) is 0 Å². The number of benzene rings is 1. The van der Waals surface area contributed by atoms with Gasteiger partial charge in [0.25, 0.3) is 0 Å². The van der Waals surface area contributed by atoms with E-state index in [1.54, 1.807) is 7.11 Å². The van der Waals surface area contributed by atoms with Crippen LogP contribution in [0.1, 0.15) is 12.0 Å². The minimum Gasteiger partial charge on any atom is -0.380 e. The van der Waals surface area contributed by atoms with E-state index in [4.69, 9.17) is 4.74 Å². The zero-order valence-electron chi connectivity index (χ0n) is 9.40. The highest BCUT2D eigenvalue weighted by atomic mass is 32.2. The fourth-order valence-electron chi connectivity index (χ4n) is 1.32. The second-order valence-corrected chi connectivity index (χ2v) is 4.52. The second kappa shape index (κ2) is 6.70. The largest absolute Gasteiger partial charge is 0.380 e. The van der Waals surface area contributed by atoms with Crippen LogP contribution in [0.5, 0.6) is 0 Å². The number of hydrogen-bond donors (Lipinski definition) is 0. The van der Waals surface area contributed by atoms with E-state index >= 15 is 0 Å². The first kappa shape index (κ1) is 12.3. The maximum Gasteiger partial charge on any atom is 0.0699 e. The van der Waals surface area contributed by atoms with Crippen molar-refractivity contribution in [1.29, 1.82) is 0 Å². The minimum absolute atomic E-state index is 0.270. The molecule has 0 aliphatic rings. The molecule has 0 spiro atoms. The van der Waals surface area contributed by atoms with E-state index in [9.17, 15) is 0 Å². The van der Waals surface area contributed by atoms with E-state index < -0.39 is 0 Å². The predicted octanol–water partition coefficient (Wildman–Crippen LogP) is 3.68. The molecule has 1 rings (SSSR count). The number of aryl methyl sites for hydroxylation is 1. The SMILES string of the molecule is C=CCC(CSc1ccccc1C)OC. The molecule has 0 aliphatic carbocycles. The van der Waals surface area contributed by atoms with Gasteiger partial charge in [0.05, 0.1) is 6.10 Å². The third-order valence-electron chi connectivity index (χ3n) is 2.28. The summed E-state index contributed by atoms with van der Waals surface area (Å²) in [6, 6.07) is 8.43. The molecule has 0 aliphatic heterocycles. The molecule has 2 heteroatoms. The average Bonchev–Trinajstić information content (AvgIpc) is 2.26.